The normalized spacial score (nSPS) is 33.1. The Labute approximate surface area is 101 Å². The lowest BCUT2D eigenvalue weighted by Gasteiger charge is -2.35. The molecule has 2 aliphatic rings. The number of nitrogens with zero attached hydrogens (tertiary/aromatic N) is 1. The first kappa shape index (κ1) is 12.6. The van der Waals surface area contributed by atoms with Crippen LogP contribution in [0.1, 0.15) is 19.3 Å². The molecule has 16 heavy (non-hydrogen) atoms. The van der Waals surface area contributed by atoms with Gasteiger partial charge in [0.25, 0.3) is 0 Å². The quantitative estimate of drug-likeness (QED) is 0.718. The van der Waals surface area contributed by atoms with Crippen LogP contribution >= 0.6 is 10.7 Å². The summed E-state index contributed by atoms with van der Waals surface area (Å²) in [6.07, 6.45) is 3.10. The fourth-order valence-electron chi connectivity index (χ4n) is 2.66. The Kier molecular flexibility index (Phi) is 4.11. The molecule has 6 heteroatoms. The van der Waals surface area contributed by atoms with E-state index in [1.807, 2.05) is 0 Å². The van der Waals surface area contributed by atoms with E-state index in [1.165, 1.54) is 0 Å². The molecule has 0 aromatic heterocycles. The molecule has 0 saturated carbocycles. The lowest BCUT2D eigenvalue weighted by molar-refractivity contribution is 0.108. The first-order chi connectivity index (χ1) is 7.54. The minimum atomic E-state index is -3.36. The Morgan fingerprint density at radius 2 is 2.19 bits per heavy atom. The maximum atomic E-state index is 11.0. The van der Waals surface area contributed by atoms with E-state index in [1.54, 1.807) is 0 Å². The van der Waals surface area contributed by atoms with Crippen LogP contribution in [0.15, 0.2) is 0 Å². The van der Waals surface area contributed by atoms with Crippen molar-refractivity contribution < 1.29 is 13.2 Å². The van der Waals surface area contributed by atoms with Gasteiger partial charge in [-0.2, -0.15) is 0 Å². The molecule has 2 aliphatic heterocycles. The molecule has 0 bridgehead atoms. The van der Waals surface area contributed by atoms with E-state index in [9.17, 15) is 8.42 Å². The standard InChI is InChI=1S/C10H18ClNO3S/c11-16(13,14)8-9-2-1-4-12(6-9)10-3-5-15-7-10/h9-10H,1-8H2. The molecule has 2 heterocycles. The van der Waals surface area contributed by atoms with E-state index in [2.05, 4.69) is 4.90 Å². The summed E-state index contributed by atoms with van der Waals surface area (Å²) < 4.78 is 27.5. The zero-order valence-corrected chi connectivity index (χ0v) is 10.8. The van der Waals surface area contributed by atoms with Crippen LogP contribution in [0.25, 0.3) is 0 Å². The van der Waals surface area contributed by atoms with Gasteiger partial charge in [0.05, 0.1) is 12.4 Å². The maximum absolute atomic E-state index is 11.0. The smallest absolute Gasteiger partial charge is 0.232 e. The molecule has 4 nitrogen and oxygen atoms in total. The van der Waals surface area contributed by atoms with Crippen molar-refractivity contribution in [2.45, 2.75) is 25.3 Å². The third kappa shape index (κ3) is 3.58. The number of halogens is 1. The van der Waals surface area contributed by atoms with Gasteiger partial charge in [0.2, 0.25) is 9.05 Å². The summed E-state index contributed by atoms with van der Waals surface area (Å²) >= 11 is 0. The highest BCUT2D eigenvalue weighted by molar-refractivity contribution is 8.13. The summed E-state index contributed by atoms with van der Waals surface area (Å²) in [7, 11) is 1.95. The largest absolute Gasteiger partial charge is 0.380 e. The van der Waals surface area contributed by atoms with Gasteiger partial charge in [-0.05, 0) is 31.7 Å². The highest BCUT2D eigenvalue weighted by Gasteiger charge is 2.30. The van der Waals surface area contributed by atoms with Gasteiger partial charge < -0.3 is 4.74 Å². The molecular weight excluding hydrogens is 250 g/mol. The molecule has 0 N–H and O–H groups in total. The van der Waals surface area contributed by atoms with Crippen LogP contribution < -0.4 is 0 Å². The molecule has 0 aromatic rings. The first-order valence-corrected chi connectivity index (χ1v) is 8.26. The maximum Gasteiger partial charge on any atom is 0.232 e. The average molecular weight is 268 g/mol. The number of rotatable bonds is 3. The van der Waals surface area contributed by atoms with Gasteiger partial charge >= 0.3 is 0 Å². The summed E-state index contributed by atoms with van der Waals surface area (Å²) in [6, 6.07) is 0.487. The molecule has 0 amide bonds. The second-order valence-corrected chi connectivity index (χ2v) is 7.55. The van der Waals surface area contributed by atoms with Crippen molar-refractivity contribution in [1.82, 2.24) is 4.90 Å². The summed E-state index contributed by atoms with van der Waals surface area (Å²) in [5.41, 5.74) is 0. The Bertz CT molecular complexity index is 327. The third-order valence-electron chi connectivity index (χ3n) is 3.41. The van der Waals surface area contributed by atoms with E-state index < -0.39 is 9.05 Å². The zero-order valence-electron chi connectivity index (χ0n) is 9.27. The minimum Gasteiger partial charge on any atom is -0.380 e. The number of hydrogen-bond acceptors (Lipinski definition) is 4. The van der Waals surface area contributed by atoms with E-state index in [-0.39, 0.29) is 11.7 Å². The molecule has 0 aliphatic carbocycles. The van der Waals surface area contributed by atoms with Crippen LogP contribution in [0.4, 0.5) is 0 Å². The third-order valence-corrected chi connectivity index (χ3v) is 4.65. The van der Waals surface area contributed by atoms with Crippen molar-refractivity contribution in [3.05, 3.63) is 0 Å². The molecule has 2 unspecified atom stereocenters. The van der Waals surface area contributed by atoms with E-state index in [0.717, 1.165) is 45.6 Å². The van der Waals surface area contributed by atoms with Gasteiger partial charge in [0, 0.05) is 29.9 Å². The molecule has 0 radical (unpaired) electrons. The SMILES string of the molecule is O=S(=O)(Cl)CC1CCCN(C2CCOC2)C1. The van der Waals surface area contributed by atoms with Crippen LogP contribution in [0.2, 0.25) is 0 Å². The van der Waals surface area contributed by atoms with Crippen LogP contribution in [-0.4, -0.2) is 51.4 Å². The monoisotopic (exact) mass is 267 g/mol. The Morgan fingerprint density at radius 1 is 1.38 bits per heavy atom. The number of ether oxygens (including phenoxy) is 1. The van der Waals surface area contributed by atoms with Gasteiger partial charge in [-0.25, -0.2) is 8.42 Å². The molecule has 2 atom stereocenters. The highest BCUT2D eigenvalue weighted by Crippen LogP contribution is 2.23. The summed E-state index contributed by atoms with van der Waals surface area (Å²) in [4.78, 5) is 2.36. The van der Waals surface area contributed by atoms with Crippen LogP contribution in [0.5, 0.6) is 0 Å². The van der Waals surface area contributed by atoms with Gasteiger partial charge in [-0.1, -0.05) is 0 Å². The highest BCUT2D eigenvalue weighted by atomic mass is 35.7. The van der Waals surface area contributed by atoms with Crippen molar-refractivity contribution in [3.63, 3.8) is 0 Å². The summed E-state index contributed by atoms with van der Waals surface area (Å²) in [5.74, 6) is 0.301. The number of likely N-dealkylation sites (tertiary alicyclic amines) is 1. The molecule has 0 spiro atoms. The van der Waals surface area contributed by atoms with Crippen molar-refractivity contribution in [2.75, 3.05) is 32.1 Å². The van der Waals surface area contributed by atoms with Crippen molar-refractivity contribution in [3.8, 4) is 0 Å². The molecular formula is C10H18ClNO3S. The van der Waals surface area contributed by atoms with Crippen molar-refractivity contribution in [2.24, 2.45) is 5.92 Å². The van der Waals surface area contributed by atoms with Crippen LogP contribution in [-0.2, 0) is 13.8 Å². The van der Waals surface area contributed by atoms with Crippen LogP contribution in [0.3, 0.4) is 0 Å². The van der Waals surface area contributed by atoms with Gasteiger partial charge in [-0.3, -0.25) is 4.90 Å². The van der Waals surface area contributed by atoms with Gasteiger partial charge in [0.1, 0.15) is 0 Å². The summed E-state index contributed by atoms with van der Waals surface area (Å²) in [6.45, 7) is 3.53. The topological polar surface area (TPSA) is 46.6 Å². The molecule has 0 aromatic carbocycles. The van der Waals surface area contributed by atoms with Gasteiger partial charge in [-0.15, -0.1) is 0 Å². The second-order valence-electron chi connectivity index (χ2n) is 4.73. The van der Waals surface area contributed by atoms with Gasteiger partial charge in [0.15, 0.2) is 0 Å². The predicted octanol–water partition coefficient (Wildman–Crippen LogP) is 1.06. The Morgan fingerprint density at radius 3 is 2.81 bits per heavy atom. The molecule has 2 saturated heterocycles. The number of piperidine rings is 1. The average Bonchev–Trinajstić information content (AvgIpc) is 2.68. The Balaban J connectivity index is 1.88. The predicted molar refractivity (Wildman–Crippen MR) is 63.2 cm³/mol. The molecule has 2 rings (SSSR count). The fourth-order valence-corrected chi connectivity index (χ4v) is 4.03. The Hall–Kier alpha value is 0.160. The van der Waals surface area contributed by atoms with Crippen molar-refractivity contribution >= 4 is 19.7 Å². The van der Waals surface area contributed by atoms with E-state index in [0.29, 0.717) is 6.04 Å². The van der Waals surface area contributed by atoms with E-state index >= 15 is 0 Å². The fraction of sp³-hybridized carbons (Fsp3) is 1.00. The molecule has 2 fully saturated rings. The van der Waals surface area contributed by atoms with Crippen molar-refractivity contribution in [1.29, 1.82) is 0 Å². The second kappa shape index (κ2) is 5.21. The zero-order chi connectivity index (χ0) is 11.6. The summed E-state index contributed by atoms with van der Waals surface area (Å²) in [5, 5.41) is 0. The first-order valence-electron chi connectivity index (χ1n) is 5.79. The lowest BCUT2D eigenvalue weighted by atomic mass is 9.98. The van der Waals surface area contributed by atoms with Crippen LogP contribution in [0, 0.1) is 5.92 Å². The number of hydrogen-bond donors (Lipinski definition) is 0. The lowest BCUT2D eigenvalue weighted by Crippen LogP contribution is -2.44. The van der Waals surface area contributed by atoms with E-state index in [4.69, 9.17) is 15.4 Å². The molecule has 94 valence electrons. The minimum absolute atomic E-state index is 0.110.